The number of hydrogen-bond acceptors (Lipinski definition) is 3. The fraction of sp³-hybridized carbons (Fsp3) is 0.412. The molecule has 116 valence electrons. The van der Waals surface area contributed by atoms with Gasteiger partial charge in [0.15, 0.2) is 0 Å². The van der Waals surface area contributed by atoms with Crippen LogP contribution in [-0.2, 0) is 16.1 Å². The molecular formula is C17H21N3O2. The van der Waals surface area contributed by atoms with Gasteiger partial charge in [0.1, 0.15) is 12.6 Å². The number of benzene rings is 1. The van der Waals surface area contributed by atoms with E-state index in [1.165, 1.54) is 0 Å². The normalized spacial score (nSPS) is 21.8. The first-order chi connectivity index (χ1) is 10.6. The second kappa shape index (κ2) is 6.32. The summed E-state index contributed by atoms with van der Waals surface area (Å²) in [6, 6.07) is 10.1. The summed E-state index contributed by atoms with van der Waals surface area (Å²) in [5.41, 5.74) is 2.17. The van der Waals surface area contributed by atoms with Crippen LogP contribution in [0.1, 0.15) is 24.2 Å². The predicted octanol–water partition coefficient (Wildman–Crippen LogP) is 2.18. The average Bonchev–Trinajstić information content (AvgIpc) is 2.92. The fourth-order valence-electron chi connectivity index (χ4n) is 2.80. The Bertz CT molecular complexity index is 638. The predicted molar refractivity (Wildman–Crippen MR) is 83.3 cm³/mol. The van der Waals surface area contributed by atoms with Gasteiger partial charge < -0.3 is 9.64 Å². The van der Waals surface area contributed by atoms with E-state index < -0.39 is 0 Å². The Morgan fingerprint density at radius 2 is 2.09 bits per heavy atom. The maximum Gasteiger partial charge on any atom is 0.244 e. The van der Waals surface area contributed by atoms with E-state index in [9.17, 15) is 4.79 Å². The summed E-state index contributed by atoms with van der Waals surface area (Å²) in [5, 5.41) is 4.18. The van der Waals surface area contributed by atoms with Crippen molar-refractivity contribution in [2.75, 3.05) is 13.1 Å². The Hall–Kier alpha value is -2.14. The van der Waals surface area contributed by atoms with E-state index in [2.05, 4.69) is 5.10 Å². The second-order valence-electron chi connectivity index (χ2n) is 5.86. The number of carbonyl (C=O) groups excluding carboxylic acids is 1. The first-order valence-corrected chi connectivity index (χ1v) is 7.59. The maximum absolute atomic E-state index is 12.5. The van der Waals surface area contributed by atoms with Crippen LogP contribution in [0.5, 0.6) is 0 Å². The molecule has 3 rings (SSSR count). The molecule has 1 aromatic heterocycles. The minimum atomic E-state index is -0.0618. The van der Waals surface area contributed by atoms with Crippen LogP contribution in [0.15, 0.2) is 42.7 Å². The molecule has 0 N–H and O–H groups in total. The summed E-state index contributed by atoms with van der Waals surface area (Å²) in [6.45, 7) is 5.47. The Kier molecular flexibility index (Phi) is 4.24. The molecule has 0 bridgehead atoms. The van der Waals surface area contributed by atoms with Crippen molar-refractivity contribution in [3.63, 3.8) is 0 Å². The third kappa shape index (κ3) is 3.36. The summed E-state index contributed by atoms with van der Waals surface area (Å²) in [7, 11) is 0. The molecule has 22 heavy (non-hydrogen) atoms. The highest BCUT2D eigenvalue weighted by Crippen LogP contribution is 2.25. The molecule has 0 aliphatic carbocycles. The zero-order valence-electron chi connectivity index (χ0n) is 13.0. The van der Waals surface area contributed by atoms with Gasteiger partial charge in [-0.05, 0) is 25.0 Å². The Balaban J connectivity index is 1.69. The van der Waals surface area contributed by atoms with Crippen LogP contribution in [0.2, 0.25) is 0 Å². The van der Waals surface area contributed by atoms with Gasteiger partial charge in [-0.25, -0.2) is 0 Å². The summed E-state index contributed by atoms with van der Waals surface area (Å²) in [5.74, 6) is 0.0826. The van der Waals surface area contributed by atoms with Crippen molar-refractivity contribution in [2.45, 2.75) is 32.6 Å². The smallest absolute Gasteiger partial charge is 0.244 e. The summed E-state index contributed by atoms with van der Waals surface area (Å²) >= 11 is 0. The number of nitrogens with zero attached hydrogens (tertiary/aromatic N) is 3. The molecule has 1 amide bonds. The van der Waals surface area contributed by atoms with E-state index in [1.54, 1.807) is 10.9 Å². The van der Waals surface area contributed by atoms with Gasteiger partial charge in [0, 0.05) is 12.7 Å². The molecule has 1 aliphatic rings. The second-order valence-corrected chi connectivity index (χ2v) is 5.86. The van der Waals surface area contributed by atoms with E-state index in [1.807, 2.05) is 55.3 Å². The third-order valence-electron chi connectivity index (χ3n) is 3.84. The van der Waals surface area contributed by atoms with Crippen LogP contribution in [0.4, 0.5) is 0 Å². The molecule has 2 heterocycles. The summed E-state index contributed by atoms with van der Waals surface area (Å²) in [4.78, 5) is 14.4. The van der Waals surface area contributed by atoms with E-state index >= 15 is 0 Å². The lowest BCUT2D eigenvalue weighted by atomic mass is 10.1. The van der Waals surface area contributed by atoms with Gasteiger partial charge in [0.2, 0.25) is 5.91 Å². The first-order valence-electron chi connectivity index (χ1n) is 7.59. The Labute approximate surface area is 130 Å². The van der Waals surface area contributed by atoms with Gasteiger partial charge in [-0.2, -0.15) is 5.10 Å². The van der Waals surface area contributed by atoms with Gasteiger partial charge in [-0.3, -0.25) is 9.48 Å². The molecule has 2 aromatic rings. The number of aryl methyl sites for hydroxylation is 1. The fourth-order valence-corrected chi connectivity index (χ4v) is 2.80. The molecule has 0 saturated carbocycles. The zero-order chi connectivity index (χ0) is 15.5. The lowest BCUT2D eigenvalue weighted by Gasteiger charge is -2.37. The highest BCUT2D eigenvalue weighted by molar-refractivity contribution is 5.76. The standard InChI is InChI=1S/C17H21N3O2/c1-13-8-18-20(9-13)12-17(21)19-10-14(2)22-16(11-19)15-6-4-3-5-7-15/h3-9,14,16H,10-12H2,1-2H3/t14-,16-/m1/s1. The molecule has 2 atom stereocenters. The van der Waals surface area contributed by atoms with Crippen molar-refractivity contribution in [3.05, 3.63) is 53.9 Å². The number of ether oxygens (including phenoxy) is 1. The highest BCUT2D eigenvalue weighted by atomic mass is 16.5. The van der Waals surface area contributed by atoms with Crippen LogP contribution >= 0.6 is 0 Å². The zero-order valence-corrected chi connectivity index (χ0v) is 13.0. The Morgan fingerprint density at radius 3 is 2.77 bits per heavy atom. The van der Waals surface area contributed by atoms with Gasteiger partial charge in [0.05, 0.1) is 18.8 Å². The molecule has 1 fully saturated rings. The molecule has 1 aliphatic heterocycles. The van der Waals surface area contributed by atoms with Gasteiger partial charge in [-0.1, -0.05) is 30.3 Å². The molecule has 5 nitrogen and oxygen atoms in total. The maximum atomic E-state index is 12.5. The third-order valence-corrected chi connectivity index (χ3v) is 3.84. The van der Waals surface area contributed by atoms with Crippen molar-refractivity contribution >= 4 is 5.91 Å². The molecule has 1 saturated heterocycles. The van der Waals surface area contributed by atoms with Crippen LogP contribution < -0.4 is 0 Å². The van der Waals surface area contributed by atoms with Crippen molar-refractivity contribution in [3.8, 4) is 0 Å². The van der Waals surface area contributed by atoms with Gasteiger partial charge in [0.25, 0.3) is 0 Å². The lowest BCUT2D eigenvalue weighted by molar-refractivity contribution is -0.145. The number of aromatic nitrogens is 2. The SMILES string of the molecule is Cc1cnn(CC(=O)N2C[C@@H](C)O[C@@H](c3ccccc3)C2)c1. The minimum absolute atomic E-state index is 0.0299. The Morgan fingerprint density at radius 1 is 1.32 bits per heavy atom. The molecule has 1 aromatic carbocycles. The van der Waals surface area contributed by atoms with E-state index in [0.717, 1.165) is 11.1 Å². The van der Waals surface area contributed by atoms with E-state index in [-0.39, 0.29) is 24.7 Å². The van der Waals surface area contributed by atoms with Crippen LogP contribution in [0, 0.1) is 6.92 Å². The monoisotopic (exact) mass is 299 g/mol. The van der Waals surface area contributed by atoms with E-state index in [4.69, 9.17) is 4.74 Å². The number of morpholine rings is 1. The van der Waals surface area contributed by atoms with Crippen molar-refractivity contribution in [1.82, 2.24) is 14.7 Å². The molecular weight excluding hydrogens is 278 g/mol. The minimum Gasteiger partial charge on any atom is -0.367 e. The molecule has 0 radical (unpaired) electrons. The topological polar surface area (TPSA) is 47.4 Å². The summed E-state index contributed by atoms with van der Waals surface area (Å²) in [6.07, 6.45) is 3.62. The highest BCUT2D eigenvalue weighted by Gasteiger charge is 2.29. The van der Waals surface area contributed by atoms with Crippen molar-refractivity contribution in [1.29, 1.82) is 0 Å². The first kappa shape index (κ1) is 14.8. The molecule has 0 unspecified atom stereocenters. The van der Waals surface area contributed by atoms with Crippen molar-refractivity contribution < 1.29 is 9.53 Å². The van der Waals surface area contributed by atoms with Gasteiger partial charge >= 0.3 is 0 Å². The molecule has 5 heteroatoms. The van der Waals surface area contributed by atoms with Crippen LogP contribution in [-0.4, -0.2) is 39.8 Å². The van der Waals surface area contributed by atoms with Crippen molar-refractivity contribution in [2.24, 2.45) is 0 Å². The largest absolute Gasteiger partial charge is 0.367 e. The quantitative estimate of drug-likeness (QED) is 0.873. The lowest BCUT2D eigenvalue weighted by Crippen LogP contribution is -2.47. The number of amides is 1. The van der Waals surface area contributed by atoms with Crippen LogP contribution in [0.25, 0.3) is 0 Å². The van der Waals surface area contributed by atoms with Gasteiger partial charge in [-0.15, -0.1) is 0 Å². The van der Waals surface area contributed by atoms with Crippen LogP contribution in [0.3, 0.4) is 0 Å². The number of hydrogen-bond donors (Lipinski definition) is 0. The molecule has 0 spiro atoms. The number of rotatable bonds is 3. The average molecular weight is 299 g/mol. The number of carbonyl (C=O) groups is 1. The summed E-state index contributed by atoms with van der Waals surface area (Å²) < 4.78 is 7.68. The van der Waals surface area contributed by atoms with E-state index in [0.29, 0.717) is 13.1 Å².